The maximum Gasteiger partial charge on any atom is 0.274 e. The highest BCUT2D eigenvalue weighted by molar-refractivity contribution is 5.88. The van der Waals surface area contributed by atoms with E-state index in [9.17, 15) is 25.1 Å². The Morgan fingerprint density at radius 2 is 2.08 bits per heavy atom. The molecule has 0 bridgehead atoms. The fourth-order valence-corrected chi connectivity index (χ4v) is 2.10. The van der Waals surface area contributed by atoms with Crippen molar-refractivity contribution in [2.24, 2.45) is 5.10 Å². The summed E-state index contributed by atoms with van der Waals surface area (Å²) in [6, 6.07) is 10.4. The van der Waals surface area contributed by atoms with Gasteiger partial charge < -0.3 is 14.9 Å². The minimum atomic E-state index is -1.42. The highest BCUT2D eigenvalue weighted by atomic mass is 16.6. The van der Waals surface area contributed by atoms with Crippen LogP contribution in [0.1, 0.15) is 24.2 Å². The summed E-state index contributed by atoms with van der Waals surface area (Å²) in [5.41, 5.74) is 2.18. The smallest absolute Gasteiger partial charge is 0.274 e. The number of ether oxygens (including phenoxy) is 1. The molecule has 2 aromatic carbocycles. The lowest BCUT2D eigenvalue weighted by molar-refractivity contribution is -0.385. The third-order valence-electron chi connectivity index (χ3n) is 3.34. The Labute approximate surface area is 148 Å². The minimum Gasteiger partial charge on any atom is -0.504 e. The summed E-state index contributed by atoms with van der Waals surface area (Å²) in [7, 11) is 0. The number of nitrogens with zero attached hydrogens (tertiary/aromatic N) is 2. The lowest BCUT2D eigenvalue weighted by atomic mass is 10.1. The number of phenols is 1. The maximum atomic E-state index is 11.9. The van der Waals surface area contributed by atoms with E-state index < -0.39 is 16.9 Å². The molecule has 9 heteroatoms. The van der Waals surface area contributed by atoms with Gasteiger partial charge in [0.25, 0.3) is 11.6 Å². The van der Waals surface area contributed by atoms with E-state index in [1.54, 1.807) is 37.3 Å². The number of nitrogens with one attached hydrogen (secondary N) is 1. The van der Waals surface area contributed by atoms with Gasteiger partial charge in [0.1, 0.15) is 0 Å². The third-order valence-corrected chi connectivity index (χ3v) is 3.34. The van der Waals surface area contributed by atoms with E-state index in [1.165, 1.54) is 0 Å². The van der Waals surface area contributed by atoms with Crippen molar-refractivity contribution in [1.82, 2.24) is 5.43 Å². The van der Waals surface area contributed by atoms with Crippen molar-refractivity contribution in [2.75, 3.05) is 6.61 Å². The van der Waals surface area contributed by atoms with Crippen molar-refractivity contribution in [2.45, 2.75) is 13.0 Å². The van der Waals surface area contributed by atoms with Crippen LogP contribution >= 0.6 is 0 Å². The van der Waals surface area contributed by atoms with Crippen LogP contribution in [0.5, 0.6) is 11.5 Å². The van der Waals surface area contributed by atoms with Gasteiger partial charge in [-0.15, -0.1) is 0 Å². The lowest BCUT2D eigenvalue weighted by Crippen LogP contribution is -2.25. The number of phenolic OH excluding ortho intramolecular Hbond substituents is 1. The first kappa shape index (κ1) is 18.9. The number of aliphatic hydroxyl groups is 1. The van der Waals surface area contributed by atoms with Crippen LogP contribution in [0.4, 0.5) is 5.69 Å². The molecule has 0 aliphatic rings. The van der Waals surface area contributed by atoms with Gasteiger partial charge in [0.05, 0.1) is 23.8 Å². The second kappa shape index (κ2) is 8.58. The summed E-state index contributed by atoms with van der Waals surface area (Å²) in [4.78, 5) is 22.2. The second-order valence-corrected chi connectivity index (χ2v) is 5.12. The number of aromatic hydroxyl groups is 1. The number of hydrazone groups is 1. The first-order valence-corrected chi connectivity index (χ1v) is 7.64. The van der Waals surface area contributed by atoms with Gasteiger partial charge in [0.2, 0.25) is 0 Å². The average molecular weight is 359 g/mol. The molecule has 0 heterocycles. The van der Waals surface area contributed by atoms with Crippen LogP contribution in [0.25, 0.3) is 0 Å². The molecular formula is C17H17N3O6. The SMILES string of the molecule is CCOc1cc([N+](=O)[O-])cc(/C=N/NC(=O)[C@H](O)c2ccccc2)c1O. The van der Waals surface area contributed by atoms with Crippen molar-refractivity contribution < 1.29 is 24.7 Å². The Morgan fingerprint density at radius 1 is 1.38 bits per heavy atom. The van der Waals surface area contributed by atoms with Crippen LogP contribution < -0.4 is 10.2 Å². The van der Waals surface area contributed by atoms with E-state index >= 15 is 0 Å². The van der Waals surface area contributed by atoms with Gasteiger partial charge >= 0.3 is 0 Å². The number of benzene rings is 2. The quantitative estimate of drug-likeness (QED) is 0.392. The van der Waals surface area contributed by atoms with Crippen LogP contribution in [0.15, 0.2) is 47.6 Å². The number of hydrogen-bond acceptors (Lipinski definition) is 7. The number of nitro benzene ring substituents is 1. The molecule has 136 valence electrons. The molecule has 0 aliphatic carbocycles. The van der Waals surface area contributed by atoms with Crippen molar-refractivity contribution in [3.05, 3.63) is 63.7 Å². The molecule has 0 aliphatic heterocycles. The lowest BCUT2D eigenvalue weighted by Gasteiger charge is -2.09. The zero-order valence-corrected chi connectivity index (χ0v) is 13.8. The molecule has 1 amide bonds. The highest BCUT2D eigenvalue weighted by Crippen LogP contribution is 2.33. The van der Waals surface area contributed by atoms with Crippen LogP contribution in [0.2, 0.25) is 0 Å². The van der Waals surface area contributed by atoms with Crippen molar-refractivity contribution in [1.29, 1.82) is 0 Å². The average Bonchev–Trinajstić information content (AvgIpc) is 2.64. The number of amides is 1. The molecular weight excluding hydrogens is 342 g/mol. The Balaban J connectivity index is 2.16. The molecule has 0 unspecified atom stereocenters. The van der Waals surface area contributed by atoms with E-state index in [2.05, 4.69) is 10.5 Å². The van der Waals surface area contributed by atoms with E-state index in [0.29, 0.717) is 5.56 Å². The largest absolute Gasteiger partial charge is 0.504 e. The first-order valence-electron chi connectivity index (χ1n) is 7.64. The molecule has 3 N–H and O–H groups in total. The summed E-state index contributed by atoms with van der Waals surface area (Å²) in [5.74, 6) is -1.21. The summed E-state index contributed by atoms with van der Waals surface area (Å²) in [5, 5.41) is 34.6. The first-order chi connectivity index (χ1) is 12.4. The zero-order valence-electron chi connectivity index (χ0n) is 13.8. The Morgan fingerprint density at radius 3 is 2.69 bits per heavy atom. The predicted molar refractivity (Wildman–Crippen MR) is 93.1 cm³/mol. The molecule has 2 aromatic rings. The highest BCUT2D eigenvalue weighted by Gasteiger charge is 2.18. The van der Waals surface area contributed by atoms with E-state index in [-0.39, 0.29) is 29.4 Å². The minimum absolute atomic E-state index is 0.0165. The van der Waals surface area contributed by atoms with E-state index in [1.807, 2.05) is 0 Å². The molecule has 0 saturated carbocycles. The molecule has 0 fully saturated rings. The topological polar surface area (TPSA) is 134 Å². The van der Waals surface area contributed by atoms with Gasteiger partial charge in [-0.05, 0) is 12.5 Å². The molecule has 2 rings (SSSR count). The zero-order chi connectivity index (χ0) is 19.1. The van der Waals surface area contributed by atoms with Crippen molar-refractivity contribution in [3.63, 3.8) is 0 Å². The molecule has 0 spiro atoms. The Hall–Kier alpha value is -3.46. The van der Waals surface area contributed by atoms with Crippen LogP contribution in [-0.2, 0) is 4.79 Å². The number of carbonyl (C=O) groups is 1. The third kappa shape index (κ3) is 4.54. The van der Waals surface area contributed by atoms with Gasteiger partial charge in [-0.2, -0.15) is 5.10 Å². The van der Waals surface area contributed by atoms with Gasteiger partial charge in [0, 0.05) is 11.6 Å². The van der Waals surface area contributed by atoms with E-state index in [4.69, 9.17) is 4.74 Å². The second-order valence-electron chi connectivity index (χ2n) is 5.12. The summed E-state index contributed by atoms with van der Waals surface area (Å²) in [6.45, 7) is 1.86. The van der Waals surface area contributed by atoms with Gasteiger partial charge in [0.15, 0.2) is 17.6 Å². The van der Waals surface area contributed by atoms with Crippen LogP contribution in [0.3, 0.4) is 0 Å². The maximum absolute atomic E-state index is 11.9. The van der Waals surface area contributed by atoms with Crippen LogP contribution in [0, 0.1) is 10.1 Å². The van der Waals surface area contributed by atoms with Gasteiger partial charge in [-0.25, -0.2) is 5.43 Å². The number of aliphatic hydroxyl groups excluding tert-OH is 1. The number of non-ortho nitro benzene ring substituents is 1. The number of hydrogen-bond donors (Lipinski definition) is 3. The van der Waals surface area contributed by atoms with Crippen molar-refractivity contribution in [3.8, 4) is 11.5 Å². The molecule has 9 nitrogen and oxygen atoms in total. The van der Waals surface area contributed by atoms with Crippen LogP contribution in [-0.4, -0.2) is 33.9 Å². The monoisotopic (exact) mass is 359 g/mol. The normalized spacial score (nSPS) is 11.9. The molecule has 1 atom stereocenters. The number of carbonyl (C=O) groups excluding carboxylic acids is 1. The van der Waals surface area contributed by atoms with Crippen molar-refractivity contribution >= 4 is 17.8 Å². The summed E-state index contributed by atoms with van der Waals surface area (Å²) in [6.07, 6.45) is -0.397. The fourth-order valence-electron chi connectivity index (χ4n) is 2.10. The standard InChI is InChI=1S/C17H17N3O6/c1-2-26-14-9-13(20(24)25)8-12(15(14)21)10-18-19-17(23)16(22)11-6-4-3-5-7-11/h3-10,16,21-22H,2H2,1H3,(H,19,23)/b18-10+/t16-/m1/s1. The van der Waals surface area contributed by atoms with Gasteiger partial charge in [-0.3, -0.25) is 14.9 Å². The predicted octanol–water partition coefficient (Wildman–Crippen LogP) is 1.88. The summed E-state index contributed by atoms with van der Waals surface area (Å²) >= 11 is 0. The number of rotatable bonds is 7. The number of nitro groups is 1. The van der Waals surface area contributed by atoms with E-state index in [0.717, 1.165) is 18.3 Å². The fraction of sp³-hybridized carbons (Fsp3) is 0.176. The molecule has 0 radical (unpaired) electrons. The Kier molecular flexibility index (Phi) is 6.23. The summed E-state index contributed by atoms with van der Waals surface area (Å²) < 4.78 is 5.15. The molecule has 26 heavy (non-hydrogen) atoms. The molecule has 0 saturated heterocycles. The van der Waals surface area contributed by atoms with Gasteiger partial charge in [-0.1, -0.05) is 30.3 Å². The molecule has 0 aromatic heterocycles. The Bertz CT molecular complexity index is 823.